The average Bonchev–Trinajstić information content (AvgIpc) is 3.59. The number of halogens is 1. The minimum absolute atomic E-state index is 0.0211. The van der Waals surface area contributed by atoms with E-state index in [9.17, 15) is 14.9 Å². The van der Waals surface area contributed by atoms with Crippen LogP contribution in [0.5, 0.6) is 0 Å². The zero-order valence-corrected chi connectivity index (χ0v) is 22.1. The number of carbonyl (C=O) groups is 2. The van der Waals surface area contributed by atoms with E-state index in [0.717, 1.165) is 51.1 Å². The first-order valence-corrected chi connectivity index (χ1v) is 13.6. The topological polar surface area (TPSA) is 88.9 Å². The van der Waals surface area contributed by atoms with Gasteiger partial charge in [0.25, 0.3) is 0 Å². The number of carbonyl (C=O) groups excluding carboxylic acids is 2. The number of nitrogens with one attached hydrogen (secondary N) is 1. The zero-order valence-electron chi connectivity index (χ0n) is 22.1. The van der Waals surface area contributed by atoms with Crippen LogP contribution >= 0.6 is 0 Å². The first-order valence-electron chi connectivity index (χ1n) is 13.6. The number of piperidine rings is 1. The lowest BCUT2D eigenvalue weighted by Crippen LogP contribution is -2.55. The number of piperazine rings is 1. The Balaban J connectivity index is 1.23. The summed E-state index contributed by atoms with van der Waals surface area (Å²) in [5.41, 5.74) is 0.594. The number of fused-ring (bicyclic) bond motifs is 3. The molecule has 3 aliphatic heterocycles. The number of nitrogens with zero attached hydrogens (tertiary/aromatic N) is 4. The second kappa shape index (κ2) is 10.1. The molecule has 1 unspecified atom stereocenters. The van der Waals surface area contributed by atoms with Crippen LogP contribution in [0, 0.1) is 23.1 Å². The Labute approximate surface area is 218 Å². The van der Waals surface area contributed by atoms with E-state index >= 15 is 4.39 Å². The number of benzene rings is 1. The summed E-state index contributed by atoms with van der Waals surface area (Å²) in [5, 5.41) is 12.6. The highest BCUT2D eigenvalue weighted by molar-refractivity contribution is 5.87. The summed E-state index contributed by atoms with van der Waals surface area (Å²) < 4.78 is 20.7. The molecule has 1 N–H and O–H groups in total. The molecule has 8 nitrogen and oxygen atoms in total. The standard InChI is InChI=1S/C28H38FN5O3/c1-28(2,3)37-27(36)34-22-9-7-19(14-22)25(34)26(35)31-20(16-30)13-18-6-8-21(15-24(18)29)33-12-11-32-10-4-5-23(32)17-33/h6,8,15,19-20,22-23,25H,4-5,7,9-14,17H2,1-3H3,(H,31,35)/t19-,20-,22+,23?,25-/m0/s1. The van der Waals surface area contributed by atoms with Crippen LogP contribution in [0.3, 0.4) is 0 Å². The predicted molar refractivity (Wildman–Crippen MR) is 137 cm³/mol. The van der Waals surface area contributed by atoms with Crippen molar-refractivity contribution in [1.29, 1.82) is 5.26 Å². The Hall–Kier alpha value is -2.86. The SMILES string of the molecule is CC(C)(C)OC(=O)N1[C@@H]2CC[C@@H](C2)[C@H]1C(=O)N[C@H](C#N)Cc1ccc(N2CCN3CCCC3C2)cc1F. The number of likely N-dealkylation sites (tertiary alicyclic amines) is 1. The Morgan fingerprint density at radius 1 is 1.19 bits per heavy atom. The van der Waals surface area contributed by atoms with Crippen molar-refractivity contribution in [3.8, 4) is 6.07 Å². The normalized spacial score (nSPS) is 28.1. The molecule has 9 heteroatoms. The molecule has 0 aromatic heterocycles. The summed E-state index contributed by atoms with van der Waals surface area (Å²) in [7, 11) is 0. The highest BCUT2D eigenvalue weighted by Gasteiger charge is 2.52. The number of hydrogen-bond donors (Lipinski definition) is 1. The molecular formula is C28H38FN5O3. The third-order valence-corrected chi connectivity index (χ3v) is 8.34. The maximum Gasteiger partial charge on any atom is 0.411 e. The molecule has 4 aliphatic rings. The van der Waals surface area contributed by atoms with Crippen molar-refractivity contribution >= 4 is 17.7 Å². The van der Waals surface area contributed by atoms with E-state index in [-0.39, 0.29) is 30.1 Å². The van der Waals surface area contributed by atoms with Crippen LogP contribution in [0.4, 0.5) is 14.9 Å². The maximum absolute atomic E-state index is 15.1. The number of hydrogen-bond acceptors (Lipinski definition) is 6. The molecule has 4 fully saturated rings. The number of nitriles is 1. The van der Waals surface area contributed by atoms with E-state index < -0.39 is 23.8 Å². The lowest BCUT2D eigenvalue weighted by molar-refractivity contribution is -0.128. The lowest BCUT2D eigenvalue weighted by atomic mass is 9.97. The maximum atomic E-state index is 15.1. The van der Waals surface area contributed by atoms with Gasteiger partial charge in [-0.3, -0.25) is 14.6 Å². The van der Waals surface area contributed by atoms with Gasteiger partial charge in [-0.15, -0.1) is 0 Å². The highest BCUT2D eigenvalue weighted by Crippen LogP contribution is 2.43. The van der Waals surface area contributed by atoms with Crippen LogP contribution in [-0.2, 0) is 16.0 Å². The third kappa shape index (κ3) is 5.40. The van der Waals surface area contributed by atoms with Crippen molar-refractivity contribution in [2.24, 2.45) is 5.92 Å². The minimum Gasteiger partial charge on any atom is -0.444 e. The smallest absolute Gasteiger partial charge is 0.411 e. The lowest BCUT2D eigenvalue weighted by Gasteiger charge is -2.39. The first-order chi connectivity index (χ1) is 17.6. The molecule has 1 aliphatic carbocycles. The van der Waals surface area contributed by atoms with Crippen LogP contribution < -0.4 is 10.2 Å². The molecule has 37 heavy (non-hydrogen) atoms. The fourth-order valence-corrected chi connectivity index (χ4v) is 6.63. The minimum atomic E-state index is -0.894. The summed E-state index contributed by atoms with van der Waals surface area (Å²) in [6.45, 7) is 9.35. The van der Waals surface area contributed by atoms with Gasteiger partial charge in [0.15, 0.2) is 0 Å². The molecule has 1 aromatic rings. The van der Waals surface area contributed by atoms with Gasteiger partial charge in [0.1, 0.15) is 23.5 Å². The molecule has 0 spiro atoms. The van der Waals surface area contributed by atoms with E-state index in [0.29, 0.717) is 11.6 Å². The zero-order chi connectivity index (χ0) is 26.3. The second-order valence-corrected chi connectivity index (χ2v) is 12.0. The molecule has 1 saturated carbocycles. The fraction of sp³-hybridized carbons (Fsp3) is 0.679. The molecule has 3 saturated heterocycles. The molecule has 5 atom stereocenters. The van der Waals surface area contributed by atoms with Crippen LogP contribution in [0.25, 0.3) is 0 Å². The fourth-order valence-electron chi connectivity index (χ4n) is 6.63. The van der Waals surface area contributed by atoms with Gasteiger partial charge >= 0.3 is 6.09 Å². The quantitative estimate of drug-likeness (QED) is 0.652. The van der Waals surface area contributed by atoms with Crippen molar-refractivity contribution in [2.45, 2.75) is 89.1 Å². The Morgan fingerprint density at radius 2 is 2.00 bits per heavy atom. The molecule has 200 valence electrons. The van der Waals surface area contributed by atoms with E-state index in [2.05, 4.69) is 21.2 Å². The van der Waals surface area contributed by atoms with Gasteiger partial charge in [-0.05, 0) is 83.0 Å². The molecule has 2 amide bonds. The molecule has 3 heterocycles. The summed E-state index contributed by atoms with van der Waals surface area (Å²) in [6, 6.07) is 6.28. The van der Waals surface area contributed by atoms with Gasteiger partial charge in [-0.25, -0.2) is 9.18 Å². The van der Waals surface area contributed by atoms with Gasteiger partial charge in [0.05, 0.1) is 6.07 Å². The number of anilines is 1. The van der Waals surface area contributed by atoms with Crippen molar-refractivity contribution in [3.63, 3.8) is 0 Å². The van der Waals surface area contributed by atoms with Crippen LogP contribution in [0.15, 0.2) is 18.2 Å². The summed E-state index contributed by atoms with van der Waals surface area (Å²) >= 11 is 0. The summed E-state index contributed by atoms with van der Waals surface area (Å²) in [5.74, 6) is -0.680. The van der Waals surface area contributed by atoms with Crippen LogP contribution in [-0.4, -0.2) is 77.7 Å². The molecular weight excluding hydrogens is 473 g/mol. The number of rotatable bonds is 5. The van der Waals surface area contributed by atoms with Crippen LogP contribution in [0.1, 0.15) is 58.4 Å². The largest absolute Gasteiger partial charge is 0.444 e. The second-order valence-electron chi connectivity index (χ2n) is 12.0. The van der Waals surface area contributed by atoms with Crippen LogP contribution in [0.2, 0.25) is 0 Å². The molecule has 0 radical (unpaired) electrons. The van der Waals surface area contributed by atoms with E-state index in [1.807, 2.05) is 6.07 Å². The van der Waals surface area contributed by atoms with Gasteiger partial charge in [-0.1, -0.05) is 6.07 Å². The molecule has 5 rings (SSSR count). The summed E-state index contributed by atoms with van der Waals surface area (Å²) in [6.07, 6.45) is 4.47. The van der Waals surface area contributed by atoms with Crippen molar-refractivity contribution < 1.29 is 18.7 Å². The first kappa shape index (κ1) is 25.8. The van der Waals surface area contributed by atoms with Gasteiger partial charge < -0.3 is 15.0 Å². The van der Waals surface area contributed by atoms with E-state index in [1.54, 1.807) is 37.8 Å². The Bertz CT molecular complexity index is 1080. The molecule has 1 aromatic carbocycles. The van der Waals surface area contributed by atoms with Gasteiger partial charge in [0, 0.05) is 43.8 Å². The Morgan fingerprint density at radius 3 is 2.73 bits per heavy atom. The molecule has 2 bridgehead atoms. The average molecular weight is 512 g/mol. The summed E-state index contributed by atoms with van der Waals surface area (Å²) in [4.78, 5) is 32.5. The van der Waals surface area contributed by atoms with Gasteiger partial charge in [-0.2, -0.15) is 5.26 Å². The Kier molecular flexibility index (Phi) is 7.06. The van der Waals surface area contributed by atoms with Crippen molar-refractivity contribution in [2.75, 3.05) is 31.1 Å². The number of amides is 2. The van der Waals surface area contributed by atoms with E-state index in [4.69, 9.17) is 4.74 Å². The van der Waals surface area contributed by atoms with Crippen molar-refractivity contribution in [1.82, 2.24) is 15.1 Å². The van der Waals surface area contributed by atoms with Gasteiger partial charge in [0.2, 0.25) is 5.91 Å². The third-order valence-electron chi connectivity index (χ3n) is 8.34. The van der Waals surface area contributed by atoms with E-state index in [1.165, 1.54) is 12.8 Å². The highest BCUT2D eigenvalue weighted by atomic mass is 19.1. The van der Waals surface area contributed by atoms with Crippen molar-refractivity contribution in [3.05, 3.63) is 29.6 Å². The monoisotopic (exact) mass is 511 g/mol. The predicted octanol–water partition coefficient (Wildman–Crippen LogP) is 3.45. The number of ether oxygens (including phenoxy) is 1.